The van der Waals surface area contributed by atoms with Crippen molar-refractivity contribution in [2.45, 2.75) is 39.2 Å². The van der Waals surface area contributed by atoms with Gasteiger partial charge in [-0.05, 0) is 12.5 Å². The van der Waals surface area contributed by atoms with Gasteiger partial charge in [-0.3, -0.25) is 4.79 Å². The quantitative estimate of drug-likeness (QED) is 0.762. The van der Waals surface area contributed by atoms with Crippen molar-refractivity contribution in [3.05, 3.63) is 23.7 Å². The van der Waals surface area contributed by atoms with Crippen LogP contribution in [0.5, 0.6) is 0 Å². The molecule has 0 aliphatic carbocycles. The molecule has 0 saturated carbocycles. The maximum Gasteiger partial charge on any atom is 0.255 e. The number of carbonyl (C=O) groups excluding carboxylic acids is 1. The van der Waals surface area contributed by atoms with Crippen molar-refractivity contribution in [3.8, 4) is 0 Å². The van der Waals surface area contributed by atoms with Crippen molar-refractivity contribution in [1.29, 1.82) is 0 Å². The molecule has 1 aromatic rings. The van der Waals surface area contributed by atoms with Crippen molar-refractivity contribution in [1.82, 2.24) is 5.32 Å². The number of rotatable bonds is 6. The maximum absolute atomic E-state index is 12.0. The minimum atomic E-state index is -0.126. The van der Waals surface area contributed by atoms with Gasteiger partial charge in [0.25, 0.3) is 5.91 Å². The van der Waals surface area contributed by atoms with Crippen LogP contribution in [0.15, 0.2) is 16.7 Å². The van der Waals surface area contributed by atoms with E-state index >= 15 is 0 Å². The lowest BCUT2D eigenvalue weighted by atomic mass is 10.1. The molecule has 0 fully saturated rings. The molecule has 1 unspecified atom stereocenters. The first kappa shape index (κ1) is 13.7. The molecule has 0 aliphatic heterocycles. The van der Waals surface area contributed by atoms with E-state index in [1.165, 1.54) is 6.26 Å². The van der Waals surface area contributed by atoms with E-state index in [9.17, 15) is 4.79 Å². The summed E-state index contributed by atoms with van der Waals surface area (Å²) >= 11 is 4.85. The van der Waals surface area contributed by atoms with Crippen LogP contribution in [-0.2, 0) is 6.42 Å². The summed E-state index contributed by atoms with van der Waals surface area (Å²) in [6.45, 7) is 3.93. The fourth-order valence-electron chi connectivity index (χ4n) is 1.62. The molecule has 4 nitrogen and oxygen atoms in total. The number of hydrogen-bond acceptors (Lipinski definition) is 3. The predicted molar refractivity (Wildman–Crippen MR) is 71.0 cm³/mol. The number of carbonyl (C=O) groups is 1. The molecule has 94 valence electrons. The molecule has 0 bridgehead atoms. The highest BCUT2D eigenvalue weighted by molar-refractivity contribution is 7.80. The molecular formula is C12H18N2O2S. The third-order valence-electron chi connectivity index (χ3n) is 2.59. The van der Waals surface area contributed by atoms with Gasteiger partial charge in [0, 0.05) is 18.9 Å². The van der Waals surface area contributed by atoms with Crippen LogP contribution in [0.2, 0.25) is 0 Å². The Labute approximate surface area is 107 Å². The van der Waals surface area contributed by atoms with E-state index in [-0.39, 0.29) is 11.9 Å². The minimum absolute atomic E-state index is 0.0143. The summed E-state index contributed by atoms with van der Waals surface area (Å²) in [7, 11) is 0. The van der Waals surface area contributed by atoms with Crippen molar-refractivity contribution in [2.75, 3.05) is 0 Å². The third kappa shape index (κ3) is 3.85. The van der Waals surface area contributed by atoms with E-state index < -0.39 is 0 Å². The van der Waals surface area contributed by atoms with Crippen molar-refractivity contribution >= 4 is 23.1 Å². The second-order valence-corrected chi connectivity index (χ2v) is 4.38. The van der Waals surface area contributed by atoms with E-state index in [0.717, 1.165) is 6.42 Å². The molecule has 1 heterocycles. The van der Waals surface area contributed by atoms with E-state index in [1.54, 1.807) is 6.07 Å². The van der Waals surface area contributed by atoms with Gasteiger partial charge in [0.1, 0.15) is 5.76 Å². The number of nitrogens with two attached hydrogens (primary N) is 1. The van der Waals surface area contributed by atoms with Gasteiger partial charge in [0.05, 0.1) is 16.8 Å². The first-order valence-electron chi connectivity index (χ1n) is 5.74. The molecule has 1 atom stereocenters. The number of amides is 1. The van der Waals surface area contributed by atoms with Crippen LogP contribution in [0.4, 0.5) is 0 Å². The second-order valence-electron chi connectivity index (χ2n) is 3.86. The Balaban J connectivity index is 2.67. The summed E-state index contributed by atoms with van der Waals surface area (Å²) in [5, 5.41) is 2.91. The molecular weight excluding hydrogens is 236 g/mol. The Kier molecular flexibility index (Phi) is 5.15. The molecule has 17 heavy (non-hydrogen) atoms. The van der Waals surface area contributed by atoms with E-state index in [4.69, 9.17) is 22.4 Å². The Bertz CT molecular complexity index is 401. The minimum Gasteiger partial charge on any atom is -0.469 e. The van der Waals surface area contributed by atoms with Gasteiger partial charge in [0.15, 0.2) is 0 Å². The summed E-state index contributed by atoms with van der Waals surface area (Å²) in [6, 6.07) is 1.67. The number of thiocarbonyl (C=S) groups is 1. The highest BCUT2D eigenvalue weighted by atomic mass is 32.1. The van der Waals surface area contributed by atoms with Crippen LogP contribution in [0.1, 0.15) is 42.8 Å². The fourth-order valence-corrected chi connectivity index (χ4v) is 1.82. The Hall–Kier alpha value is -1.36. The van der Waals surface area contributed by atoms with E-state index in [2.05, 4.69) is 5.32 Å². The summed E-state index contributed by atoms with van der Waals surface area (Å²) in [4.78, 5) is 12.4. The molecule has 0 saturated heterocycles. The van der Waals surface area contributed by atoms with Gasteiger partial charge in [-0.1, -0.05) is 26.1 Å². The third-order valence-corrected chi connectivity index (χ3v) is 2.75. The average Bonchev–Trinajstić information content (AvgIpc) is 2.75. The predicted octanol–water partition coefficient (Wildman–Crippen LogP) is 2.03. The van der Waals surface area contributed by atoms with Gasteiger partial charge in [-0.2, -0.15) is 0 Å². The topological polar surface area (TPSA) is 68.3 Å². The Morgan fingerprint density at radius 1 is 1.59 bits per heavy atom. The zero-order valence-electron chi connectivity index (χ0n) is 10.2. The fraction of sp³-hybridized carbons (Fsp3) is 0.500. The largest absolute Gasteiger partial charge is 0.469 e. The Morgan fingerprint density at radius 3 is 2.82 bits per heavy atom. The van der Waals surface area contributed by atoms with Gasteiger partial charge in [-0.15, -0.1) is 0 Å². The zero-order chi connectivity index (χ0) is 12.8. The monoisotopic (exact) mass is 254 g/mol. The van der Waals surface area contributed by atoms with Crippen LogP contribution in [-0.4, -0.2) is 16.9 Å². The zero-order valence-corrected chi connectivity index (χ0v) is 11.0. The van der Waals surface area contributed by atoms with Gasteiger partial charge in [-0.25, -0.2) is 0 Å². The molecule has 3 N–H and O–H groups in total. The molecule has 1 rings (SSSR count). The van der Waals surface area contributed by atoms with Crippen molar-refractivity contribution < 1.29 is 9.21 Å². The highest BCUT2D eigenvalue weighted by Gasteiger charge is 2.17. The van der Waals surface area contributed by atoms with E-state index in [0.29, 0.717) is 29.2 Å². The van der Waals surface area contributed by atoms with Crippen molar-refractivity contribution in [2.24, 2.45) is 5.73 Å². The molecule has 1 aromatic heterocycles. The summed E-state index contributed by atoms with van der Waals surface area (Å²) < 4.78 is 5.22. The summed E-state index contributed by atoms with van der Waals surface area (Å²) in [5.74, 6) is 0.575. The molecule has 0 aromatic carbocycles. The summed E-state index contributed by atoms with van der Waals surface area (Å²) in [5.41, 5.74) is 6.07. The number of nitrogens with one attached hydrogen (secondary N) is 1. The number of furan rings is 1. The highest BCUT2D eigenvalue weighted by Crippen LogP contribution is 2.12. The van der Waals surface area contributed by atoms with Crippen LogP contribution in [0.3, 0.4) is 0 Å². The van der Waals surface area contributed by atoms with Crippen LogP contribution in [0.25, 0.3) is 0 Å². The molecule has 0 radical (unpaired) electrons. The lowest BCUT2D eigenvalue weighted by Gasteiger charge is -2.15. The van der Waals surface area contributed by atoms with Crippen LogP contribution in [0, 0.1) is 0 Å². The van der Waals surface area contributed by atoms with Crippen molar-refractivity contribution in [3.63, 3.8) is 0 Å². The first-order valence-corrected chi connectivity index (χ1v) is 6.14. The standard InChI is InChI=1S/C12H18N2O2S/c1-3-8(7-11(13)17)14-12(15)9-5-6-16-10(9)4-2/h5-6,8H,3-4,7H2,1-2H3,(H2,13,17)(H,14,15). The smallest absolute Gasteiger partial charge is 0.255 e. The second kappa shape index (κ2) is 6.39. The van der Waals surface area contributed by atoms with Crippen LogP contribution >= 0.6 is 12.2 Å². The normalized spacial score (nSPS) is 12.1. The molecule has 0 aliphatic rings. The average molecular weight is 254 g/mol. The SMILES string of the molecule is CCc1occc1C(=O)NC(CC)CC(N)=S. The number of aryl methyl sites for hydroxylation is 1. The Morgan fingerprint density at radius 2 is 2.29 bits per heavy atom. The number of hydrogen-bond donors (Lipinski definition) is 2. The van der Waals surface area contributed by atoms with Gasteiger partial charge < -0.3 is 15.5 Å². The molecule has 0 spiro atoms. The first-order chi connectivity index (χ1) is 8.08. The van der Waals surface area contributed by atoms with E-state index in [1.807, 2.05) is 13.8 Å². The lowest BCUT2D eigenvalue weighted by Crippen LogP contribution is -2.37. The maximum atomic E-state index is 12.0. The molecule has 5 heteroatoms. The van der Waals surface area contributed by atoms with Gasteiger partial charge >= 0.3 is 0 Å². The van der Waals surface area contributed by atoms with Crippen LogP contribution < -0.4 is 11.1 Å². The summed E-state index contributed by atoms with van der Waals surface area (Å²) in [6.07, 6.45) is 3.55. The molecule has 1 amide bonds. The van der Waals surface area contributed by atoms with Gasteiger partial charge in [0.2, 0.25) is 0 Å². The lowest BCUT2D eigenvalue weighted by molar-refractivity contribution is 0.0935.